The van der Waals surface area contributed by atoms with E-state index in [2.05, 4.69) is 42.5 Å². The number of carbonyl (C=O) groups excluding carboxylic acids is 3. The van der Waals surface area contributed by atoms with Gasteiger partial charge >= 0.3 is 30.0 Å². The second-order valence-electron chi connectivity index (χ2n) is 8.18. The molecule has 1 aromatic carbocycles. The zero-order valence-electron chi connectivity index (χ0n) is 21.1. The molecule has 8 N–H and O–H groups in total. The van der Waals surface area contributed by atoms with Crippen LogP contribution >= 0.6 is 15.9 Å². The molecule has 0 radical (unpaired) electrons. The number of aliphatic carboxylic acids is 3. The van der Waals surface area contributed by atoms with E-state index >= 15 is 0 Å². The Morgan fingerprint density at radius 1 is 0.872 bits per heavy atom. The number of carboxylic acid groups (broad SMARTS) is 3. The van der Waals surface area contributed by atoms with Crippen molar-refractivity contribution in [1.29, 1.82) is 0 Å². The molecular weight excluding hydrogens is 586 g/mol. The van der Waals surface area contributed by atoms with Crippen molar-refractivity contribution >= 4 is 57.5 Å². The highest BCUT2D eigenvalue weighted by molar-refractivity contribution is 9.10. The molecule has 0 aliphatic carbocycles. The summed E-state index contributed by atoms with van der Waals surface area (Å²) < 4.78 is 6.33. The van der Waals surface area contributed by atoms with Crippen molar-refractivity contribution in [3.63, 3.8) is 0 Å². The molecule has 0 fully saturated rings. The summed E-state index contributed by atoms with van der Waals surface area (Å²) in [6.45, 7) is 2.04. The minimum atomic E-state index is -1.49. The van der Waals surface area contributed by atoms with Crippen LogP contribution in [0.1, 0.15) is 39.0 Å². The Bertz CT molecular complexity index is 1040. The lowest BCUT2D eigenvalue weighted by atomic mass is 10.1. The van der Waals surface area contributed by atoms with Crippen LogP contribution in [0, 0.1) is 0 Å². The molecule has 0 unspecified atom stereocenters. The van der Waals surface area contributed by atoms with E-state index in [1.807, 2.05) is 0 Å². The second-order valence-corrected chi connectivity index (χ2v) is 9.10. The molecule has 0 saturated heterocycles. The third-order valence-electron chi connectivity index (χ3n) is 4.98. The molecule has 0 aromatic heterocycles. The van der Waals surface area contributed by atoms with Crippen LogP contribution in [-0.2, 0) is 19.2 Å². The number of rotatable bonds is 17. The van der Waals surface area contributed by atoms with Gasteiger partial charge < -0.3 is 46.6 Å². The molecule has 0 spiro atoms. The van der Waals surface area contributed by atoms with Crippen molar-refractivity contribution in [1.82, 2.24) is 21.3 Å². The third kappa shape index (κ3) is 14.4. The summed E-state index contributed by atoms with van der Waals surface area (Å²) in [5.41, 5.74) is 0.391. The number of halogens is 1. The Balaban J connectivity index is 2.47. The van der Waals surface area contributed by atoms with Crippen molar-refractivity contribution in [2.24, 2.45) is 0 Å². The molecule has 16 heteroatoms. The number of unbranched alkanes of at least 4 members (excludes halogenated alkanes) is 1. The molecule has 216 valence electrons. The van der Waals surface area contributed by atoms with Crippen LogP contribution in [0.2, 0.25) is 0 Å². The first-order chi connectivity index (χ1) is 18.4. The summed E-state index contributed by atoms with van der Waals surface area (Å²) in [4.78, 5) is 68.6. The predicted octanol–water partition coefficient (Wildman–Crippen LogP) is 1.33. The first-order valence-electron chi connectivity index (χ1n) is 11.8. The van der Waals surface area contributed by atoms with Crippen LogP contribution in [0.4, 0.5) is 15.3 Å². The summed E-state index contributed by atoms with van der Waals surface area (Å²) in [6.07, 6.45) is -0.187. The largest absolute Gasteiger partial charge is 0.490 e. The van der Waals surface area contributed by atoms with Crippen LogP contribution in [0.5, 0.6) is 5.75 Å². The lowest BCUT2D eigenvalue weighted by Crippen LogP contribution is -2.51. The topological polar surface area (TPSA) is 232 Å². The quantitative estimate of drug-likeness (QED) is 0.117. The number of nitrogens with one attached hydrogen (secondary N) is 5. The fourth-order valence-corrected chi connectivity index (χ4v) is 3.43. The SMILES string of the molecule is CC(=O)NCCOc1cc(Br)ccc1NC(=O)NCCCC[C@H](NC(=O)N[C@@H](CCC(=O)O)C(=O)O)C(=O)O. The second kappa shape index (κ2) is 17.4. The van der Waals surface area contributed by atoms with Gasteiger partial charge in [0.15, 0.2) is 0 Å². The predicted molar refractivity (Wildman–Crippen MR) is 141 cm³/mol. The van der Waals surface area contributed by atoms with Crippen molar-refractivity contribution in [3.8, 4) is 5.75 Å². The van der Waals surface area contributed by atoms with E-state index in [1.54, 1.807) is 18.2 Å². The summed E-state index contributed by atoms with van der Waals surface area (Å²) in [6, 6.07) is 0.585. The molecular formula is C23H32BrN5O10. The van der Waals surface area contributed by atoms with Gasteiger partial charge in [-0.3, -0.25) is 9.59 Å². The van der Waals surface area contributed by atoms with E-state index in [9.17, 15) is 33.9 Å². The molecule has 0 saturated carbocycles. The molecule has 15 nitrogen and oxygen atoms in total. The van der Waals surface area contributed by atoms with Crippen LogP contribution in [0.15, 0.2) is 22.7 Å². The van der Waals surface area contributed by atoms with Crippen molar-refractivity contribution in [2.45, 2.75) is 51.1 Å². The van der Waals surface area contributed by atoms with E-state index in [-0.39, 0.29) is 38.4 Å². The number of carboxylic acids is 3. The number of hydrogen-bond acceptors (Lipinski definition) is 7. The van der Waals surface area contributed by atoms with Crippen LogP contribution in [0.3, 0.4) is 0 Å². The maximum absolute atomic E-state index is 12.3. The Kier molecular flexibility index (Phi) is 14.7. The lowest BCUT2D eigenvalue weighted by Gasteiger charge is -2.18. The number of hydrogen-bond donors (Lipinski definition) is 8. The zero-order valence-corrected chi connectivity index (χ0v) is 22.7. The van der Waals surface area contributed by atoms with E-state index in [4.69, 9.17) is 14.9 Å². The molecule has 39 heavy (non-hydrogen) atoms. The lowest BCUT2D eigenvalue weighted by molar-refractivity contribution is -0.140. The van der Waals surface area contributed by atoms with Gasteiger partial charge in [0.1, 0.15) is 24.4 Å². The first kappa shape index (κ1) is 32.9. The normalized spacial score (nSPS) is 11.8. The average Bonchev–Trinajstić information content (AvgIpc) is 2.84. The Morgan fingerprint density at radius 3 is 2.10 bits per heavy atom. The summed E-state index contributed by atoms with van der Waals surface area (Å²) in [5.74, 6) is -3.84. The fraction of sp³-hybridized carbons (Fsp3) is 0.478. The van der Waals surface area contributed by atoms with Crippen LogP contribution < -0.4 is 31.3 Å². The van der Waals surface area contributed by atoms with Crippen molar-refractivity contribution in [3.05, 3.63) is 22.7 Å². The van der Waals surface area contributed by atoms with Gasteiger partial charge in [0, 0.05) is 24.4 Å². The van der Waals surface area contributed by atoms with E-state index < -0.39 is 48.5 Å². The molecule has 2 atom stereocenters. The van der Waals surface area contributed by atoms with Gasteiger partial charge in [0.05, 0.1) is 12.2 Å². The van der Waals surface area contributed by atoms with Gasteiger partial charge in [-0.2, -0.15) is 0 Å². The van der Waals surface area contributed by atoms with Crippen molar-refractivity contribution in [2.75, 3.05) is 25.0 Å². The highest BCUT2D eigenvalue weighted by Gasteiger charge is 2.24. The Morgan fingerprint density at radius 2 is 1.51 bits per heavy atom. The molecule has 5 amide bonds. The van der Waals surface area contributed by atoms with Gasteiger partial charge in [0.25, 0.3) is 0 Å². The number of carbonyl (C=O) groups is 6. The van der Waals surface area contributed by atoms with Crippen LogP contribution in [-0.4, -0.2) is 83.0 Å². The summed E-state index contributed by atoms with van der Waals surface area (Å²) in [7, 11) is 0. The zero-order chi connectivity index (χ0) is 29.4. The van der Waals surface area contributed by atoms with E-state index in [0.29, 0.717) is 24.3 Å². The monoisotopic (exact) mass is 617 g/mol. The highest BCUT2D eigenvalue weighted by atomic mass is 79.9. The van der Waals surface area contributed by atoms with Gasteiger partial charge in [0.2, 0.25) is 5.91 Å². The maximum Gasteiger partial charge on any atom is 0.326 e. The smallest absolute Gasteiger partial charge is 0.326 e. The fourth-order valence-electron chi connectivity index (χ4n) is 3.09. The maximum atomic E-state index is 12.3. The number of benzene rings is 1. The summed E-state index contributed by atoms with van der Waals surface area (Å²) >= 11 is 3.32. The molecule has 0 heterocycles. The molecule has 1 aromatic rings. The number of urea groups is 2. The molecule has 0 aliphatic heterocycles. The van der Waals surface area contributed by atoms with Gasteiger partial charge in [-0.15, -0.1) is 0 Å². The average molecular weight is 618 g/mol. The van der Waals surface area contributed by atoms with E-state index in [0.717, 1.165) is 4.47 Å². The Labute approximate surface area is 232 Å². The van der Waals surface area contributed by atoms with Gasteiger partial charge in [-0.25, -0.2) is 19.2 Å². The highest BCUT2D eigenvalue weighted by Crippen LogP contribution is 2.28. The number of anilines is 1. The molecule has 1 rings (SSSR count). The van der Waals surface area contributed by atoms with Crippen molar-refractivity contribution < 1.29 is 48.8 Å². The molecule has 0 bridgehead atoms. The first-order valence-corrected chi connectivity index (χ1v) is 12.6. The Hall–Kier alpha value is -4.08. The minimum Gasteiger partial charge on any atom is -0.490 e. The number of ether oxygens (including phenoxy) is 1. The minimum absolute atomic E-state index is 0.00207. The third-order valence-corrected chi connectivity index (χ3v) is 5.48. The van der Waals surface area contributed by atoms with Crippen LogP contribution in [0.25, 0.3) is 0 Å². The number of amides is 5. The summed E-state index contributed by atoms with van der Waals surface area (Å²) in [5, 5.41) is 39.2. The molecule has 0 aliphatic rings. The van der Waals surface area contributed by atoms with E-state index in [1.165, 1.54) is 6.92 Å². The standard InChI is InChI=1S/C23H32BrN5O10/c1-13(30)25-10-11-39-18-12-14(24)5-6-15(18)27-22(37)26-9-3-2-4-16(20(33)34)28-23(38)29-17(21(35)36)7-8-19(31)32/h5-6,12,16-17H,2-4,7-11H2,1H3,(H,25,30)(H,31,32)(H,33,34)(H,35,36)(H2,26,27,37)(H2,28,29,38)/t16-,17-/m0/s1. The van der Waals surface area contributed by atoms with Gasteiger partial charge in [-0.05, 0) is 43.9 Å². The van der Waals surface area contributed by atoms with Gasteiger partial charge in [-0.1, -0.05) is 15.9 Å².